The van der Waals surface area contributed by atoms with Crippen molar-refractivity contribution in [2.45, 2.75) is 98.3 Å². The quantitative estimate of drug-likeness (QED) is 0.184. The van der Waals surface area contributed by atoms with E-state index < -0.39 is 29.7 Å². The van der Waals surface area contributed by atoms with Gasteiger partial charge < -0.3 is 20.3 Å². The van der Waals surface area contributed by atoms with Gasteiger partial charge >= 0.3 is 6.09 Å². The van der Waals surface area contributed by atoms with Crippen molar-refractivity contribution in [1.29, 1.82) is 0 Å². The molecule has 0 aromatic heterocycles. The number of carbonyl (C=O) groups is 3. The highest BCUT2D eigenvalue weighted by molar-refractivity contribution is 6.34. The van der Waals surface area contributed by atoms with E-state index in [1.807, 2.05) is 26.8 Å². The molecule has 0 heterocycles. The molecule has 0 spiro atoms. The molecule has 3 atom stereocenters. The number of hydrogen-bond donors (Lipinski definition) is 2. The lowest BCUT2D eigenvalue weighted by molar-refractivity contribution is -0.142. The van der Waals surface area contributed by atoms with Crippen molar-refractivity contribution in [3.63, 3.8) is 0 Å². The van der Waals surface area contributed by atoms with Crippen LogP contribution in [0.3, 0.4) is 0 Å². The van der Waals surface area contributed by atoms with Gasteiger partial charge in [0.25, 0.3) is 5.91 Å². The number of ether oxygens (including phenoxy) is 1. The number of rotatable bonds is 13. The van der Waals surface area contributed by atoms with Crippen LogP contribution in [0.25, 0.3) is 0 Å². The lowest BCUT2D eigenvalue weighted by Gasteiger charge is -2.36. The topological polar surface area (TPSA) is 87.7 Å². The number of benzene rings is 2. The Labute approximate surface area is 256 Å². The zero-order chi connectivity index (χ0) is 31.4. The molecule has 2 aromatic rings. The number of halogens is 1. The summed E-state index contributed by atoms with van der Waals surface area (Å²) in [7, 11) is 0. The maximum atomic E-state index is 14.5. The number of nitrogens with one attached hydrogen (secondary N) is 2. The summed E-state index contributed by atoms with van der Waals surface area (Å²) in [5, 5.41) is 6.16. The predicted molar refractivity (Wildman–Crippen MR) is 170 cm³/mol. The molecule has 0 bridgehead atoms. The lowest BCUT2D eigenvalue weighted by Crippen LogP contribution is -2.55. The number of para-hydroxylation sites is 1. The first-order valence-electron chi connectivity index (χ1n) is 14.8. The zero-order valence-electron chi connectivity index (χ0n) is 26.1. The van der Waals surface area contributed by atoms with Crippen LogP contribution in [0.5, 0.6) is 0 Å². The van der Waals surface area contributed by atoms with Gasteiger partial charge in [-0.2, -0.15) is 0 Å². The summed E-state index contributed by atoms with van der Waals surface area (Å²) in [6.45, 7) is 13.4. The second-order valence-electron chi connectivity index (χ2n) is 11.7. The highest BCUT2D eigenvalue weighted by atomic mass is 35.5. The smallest absolute Gasteiger partial charge is 0.408 e. The van der Waals surface area contributed by atoms with Crippen LogP contribution in [-0.4, -0.2) is 41.0 Å². The molecular weight excluding hydrogens is 550 g/mol. The average Bonchev–Trinajstić information content (AvgIpc) is 2.93. The second kappa shape index (κ2) is 16.2. The number of amides is 3. The molecule has 0 saturated heterocycles. The normalized spacial score (nSPS) is 13.3. The third-order valence-corrected chi connectivity index (χ3v) is 7.44. The first-order valence-corrected chi connectivity index (χ1v) is 15.1. The molecule has 0 radical (unpaired) electrons. The molecule has 0 aliphatic heterocycles. The van der Waals surface area contributed by atoms with Crippen LogP contribution >= 0.6 is 11.6 Å². The van der Waals surface area contributed by atoms with E-state index >= 15 is 0 Å². The summed E-state index contributed by atoms with van der Waals surface area (Å²) in [5.41, 5.74) is 1.53. The molecule has 3 unspecified atom stereocenters. The van der Waals surface area contributed by atoms with Crippen molar-refractivity contribution in [3.05, 3.63) is 64.2 Å². The minimum atomic E-state index is -1.07. The summed E-state index contributed by atoms with van der Waals surface area (Å²) in [6, 6.07) is 10.5. The second-order valence-corrected chi connectivity index (χ2v) is 12.1. The fourth-order valence-electron chi connectivity index (χ4n) is 4.67. The number of anilines is 1. The van der Waals surface area contributed by atoms with Gasteiger partial charge in [0.1, 0.15) is 17.7 Å². The largest absolute Gasteiger partial charge is 0.444 e. The SMILES string of the molecule is C#Cc1ccccc1C(C(=O)Nc1c(C)cccc1Cl)N(CCCCCC)C(=O)C(NC(=O)OC(C)(C)C)C(C)CC. The van der Waals surface area contributed by atoms with E-state index in [4.69, 9.17) is 22.8 Å². The van der Waals surface area contributed by atoms with Crippen molar-refractivity contribution in [3.8, 4) is 12.3 Å². The third kappa shape index (κ3) is 9.80. The minimum Gasteiger partial charge on any atom is -0.444 e. The lowest BCUT2D eigenvalue weighted by atomic mass is 9.93. The molecule has 2 rings (SSSR count). The van der Waals surface area contributed by atoms with Gasteiger partial charge in [0.2, 0.25) is 5.91 Å². The Kier molecular flexibility index (Phi) is 13.4. The average molecular weight is 596 g/mol. The summed E-state index contributed by atoms with van der Waals surface area (Å²) in [5.74, 6) is 1.61. The van der Waals surface area contributed by atoms with Gasteiger partial charge in [-0.05, 0) is 63.3 Å². The molecule has 7 nitrogen and oxygen atoms in total. The monoisotopic (exact) mass is 595 g/mol. The summed E-state index contributed by atoms with van der Waals surface area (Å²) >= 11 is 6.48. The van der Waals surface area contributed by atoms with Gasteiger partial charge in [0.15, 0.2) is 0 Å². The van der Waals surface area contributed by atoms with Gasteiger partial charge in [-0.15, -0.1) is 6.42 Å². The summed E-state index contributed by atoms with van der Waals surface area (Å²) in [4.78, 5) is 43.2. The van der Waals surface area contributed by atoms with E-state index in [9.17, 15) is 14.4 Å². The van der Waals surface area contributed by atoms with Gasteiger partial charge in [0.05, 0.1) is 10.7 Å². The van der Waals surface area contributed by atoms with E-state index in [0.29, 0.717) is 41.2 Å². The molecule has 0 fully saturated rings. The maximum Gasteiger partial charge on any atom is 0.408 e. The Morgan fingerprint density at radius 1 is 1.05 bits per heavy atom. The van der Waals surface area contributed by atoms with Crippen LogP contribution in [0.15, 0.2) is 42.5 Å². The van der Waals surface area contributed by atoms with Crippen LogP contribution in [0, 0.1) is 25.2 Å². The summed E-state index contributed by atoms with van der Waals surface area (Å²) in [6.07, 6.45) is 9.36. The van der Waals surface area contributed by atoms with E-state index in [-0.39, 0.29) is 11.8 Å². The van der Waals surface area contributed by atoms with Gasteiger partial charge in [-0.1, -0.05) is 94.3 Å². The van der Waals surface area contributed by atoms with Crippen LogP contribution in [0.1, 0.15) is 96.4 Å². The molecule has 42 heavy (non-hydrogen) atoms. The van der Waals surface area contributed by atoms with E-state index in [1.54, 1.807) is 62.1 Å². The minimum absolute atomic E-state index is 0.236. The predicted octanol–water partition coefficient (Wildman–Crippen LogP) is 7.66. The number of aryl methyl sites for hydroxylation is 1. The molecular formula is C34H46ClN3O4. The maximum absolute atomic E-state index is 14.5. The van der Waals surface area contributed by atoms with Crippen LogP contribution in [0.4, 0.5) is 10.5 Å². The Hall–Kier alpha value is -3.50. The van der Waals surface area contributed by atoms with E-state index in [2.05, 4.69) is 23.5 Å². The van der Waals surface area contributed by atoms with E-state index in [0.717, 1.165) is 24.8 Å². The molecule has 8 heteroatoms. The van der Waals surface area contributed by atoms with Crippen molar-refractivity contribution < 1.29 is 19.1 Å². The highest BCUT2D eigenvalue weighted by Crippen LogP contribution is 2.31. The zero-order valence-corrected chi connectivity index (χ0v) is 26.8. The molecule has 2 aromatic carbocycles. The van der Waals surface area contributed by atoms with Gasteiger partial charge in [-0.25, -0.2) is 4.79 Å². The number of terminal acetylenes is 1. The number of alkyl carbamates (subject to hydrolysis) is 1. The van der Waals surface area contributed by atoms with Crippen molar-refractivity contribution in [1.82, 2.24) is 10.2 Å². The van der Waals surface area contributed by atoms with Crippen LogP contribution in [0.2, 0.25) is 5.02 Å². The van der Waals surface area contributed by atoms with Crippen LogP contribution < -0.4 is 10.6 Å². The molecule has 228 valence electrons. The molecule has 0 aliphatic carbocycles. The number of carbonyl (C=O) groups excluding carboxylic acids is 3. The fraction of sp³-hybridized carbons (Fsp3) is 0.500. The first-order chi connectivity index (χ1) is 19.8. The van der Waals surface area contributed by atoms with Crippen molar-refractivity contribution in [2.75, 3.05) is 11.9 Å². The Bertz CT molecular complexity index is 1240. The Morgan fingerprint density at radius 3 is 2.33 bits per heavy atom. The fourth-order valence-corrected chi connectivity index (χ4v) is 4.94. The van der Waals surface area contributed by atoms with Gasteiger partial charge in [0, 0.05) is 12.1 Å². The molecule has 0 saturated carbocycles. The van der Waals surface area contributed by atoms with Crippen molar-refractivity contribution >= 4 is 35.2 Å². The molecule has 0 aliphatic rings. The van der Waals surface area contributed by atoms with Gasteiger partial charge in [-0.3, -0.25) is 9.59 Å². The Morgan fingerprint density at radius 2 is 1.74 bits per heavy atom. The standard InChI is InChI=1S/C34H46ClN3O4/c1-9-12-13-16-22-38(32(40)29(23(4)10-2)37-33(41)42-34(6,7)8)30(26-20-15-14-19-25(26)11-3)31(39)36-28-24(5)18-17-21-27(28)35/h3,14-15,17-21,23,29-30H,9-10,12-13,16,22H2,1-2,4-8H3,(H,36,39)(H,37,41). The number of hydrogen-bond acceptors (Lipinski definition) is 4. The van der Waals surface area contributed by atoms with Crippen molar-refractivity contribution in [2.24, 2.45) is 5.92 Å². The Balaban J connectivity index is 2.67. The number of nitrogens with zero attached hydrogens (tertiary/aromatic N) is 1. The third-order valence-electron chi connectivity index (χ3n) is 7.13. The summed E-state index contributed by atoms with van der Waals surface area (Å²) < 4.78 is 5.50. The van der Waals surface area contributed by atoms with E-state index in [1.165, 1.54) is 0 Å². The van der Waals surface area contributed by atoms with Crippen LogP contribution in [-0.2, 0) is 14.3 Å². The molecule has 2 N–H and O–H groups in total. The molecule has 3 amide bonds. The highest BCUT2D eigenvalue weighted by Gasteiger charge is 2.39. The number of unbranched alkanes of at least 4 members (excludes halogenated alkanes) is 3. The first kappa shape index (κ1) is 34.7.